The number of carbonyl (C=O) groups excluding carboxylic acids is 1. The highest BCUT2D eigenvalue weighted by Crippen LogP contribution is 2.08. The van der Waals surface area contributed by atoms with Gasteiger partial charge in [0.1, 0.15) is 18.1 Å². The van der Waals surface area contributed by atoms with Gasteiger partial charge in [-0.3, -0.25) is 10.0 Å². The van der Waals surface area contributed by atoms with E-state index in [1.54, 1.807) is 10.9 Å². The van der Waals surface area contributed by atoms with Crippen LogP contribution in [0.4, 0.5) is 0 Å². The van der Waals surface area contributed by atoms with E-state index in [9.17, 15) is 4.79 Å². The first-order chi connectivity index (χ1) is 9.78. The first-order valence-electron chi connectivity index (χ1n) is 5.98. The number of ether oxygens (including phenoxy) is 1. The molecule has 104 valence electrons. The molecular weight excluding hydrogens is 260 g/mol. The highest BCUT2D eigenvalue weighted by Gasteiger charge is 1.99. The first-order valence-corrected chi connectivity index (χ1v) is 5.98. The Hall–Kier alpha value is -2.67. The summed E-state index contributed by atoms with van der Waals surface area (Å²) in [6.07, 6.45) is 4.29. The Bertz CT molecular complexity index is 580. The second-order valence-electron chi connectivity index (χ2n) is 3.88. The average Bonchev–Trinajstić information content (AvgIpc) is 2.94. The van der Waals surface area contributed by atoms with Crippen LogP contribution in [0, 0.1) is 0 Å². The fourth-order valence-corrected chi connectivity index (χ4v) is 1.47. The van der Waals surface area contributed by atoms with Crippen molar-refractivity contribution in [2.45, 2.75) is 6.54 Å². The molecule has 0 saturated carbocycles. The van der Waals surface area contributed by atoms with Gasteiger partial charge in [-0.15, -0.1) is 5.10 Å². The molecule has 2 rings (SSSR count). The molecule has 0 aliphatic heterocycles. The second kappa shape index (κ2) is 7.05. The van der Waals surface area contributed by atoms with Crippen LogP contribution >= 0.6 is 0 Å². The largest absolute Gasteiger partial charge is 0.492 e. The predicted octanol–water partition coefficient (Wildman–Crippen LogP) is 0.876. The topological polar surface area (TPSA) is 89.3 Å². The molecule has 7 heteroatoms. The number of carbonyl (C=O) groups is 1. The molecule has 0 spiro atoms. The lowest BCUT2D eigenvalue weighted by Crippen LogP contribution is -2.14. The number of amides is 1. The van der Waals surface area contributed by atoms with E-state index in [1.165, 1.54) is 11.6 Å². The number of nitrogens with one attached hydrogen (secondary N) is 1. The van der Waals surface area contributed by atoms with Crippen LogP contribution in [0.1, 0.15) is 5.69 Å². The van der Waals surface area contributed by atoms with Crippen LogP contribution in [0.15, 0.2) is 42.6 Å². The maximum atomic E-state index is 10.8. The lowest BCUT2D eigenvalue weighted by molar-refractivity contribution is -0.124. The lowest BCUT2D eigenvalue weighted by Gasteiger charge is -2.04. The maximum absolute atomic E-state index is 10.8. The number of hydroxylamine groups is 1. The van der Waals surface area contributed by atoms with E-state index in [0.29, 0.717) is 18.8 Å². The summed E-state index contributed by atoms with van der Waals surface area (Å²) in [6.45, 7) is 1.01. The summed E-state index contributed by atoms with van der Waals surface area (Å²) in [6, 6.07) is 9.48. The van der Waals surface area contributed by atoms with Crippen molar-refractivity contribution in [3.05, 3.63) is 48.3 Å². The highest BCUT2D eigenvalue weighted by atomic mass is 16.5. The van der Waals surface area contributed by atoms with Crippen LogP contribution in [-0.4, -0.2) is 32.7 Å². The average molecular weight is 274 g/mol. The molecule has 2 N–H and O–H groups in total. The van der Waals surface area contributed by atoms with Crippen molar-refractivity contribution in [1.29, 1.82) is 0 Å². The quantitative estimate of drug-likeness (QED) is 0.463. The van der Waals surface area contributed by atoms with Gasteiger partial charge in [-0.25, -0.2) is 10.2 Å². The van der Waals surface area contributed by atoms with Gasteiger partial charge in [0.05, 0.1) is 12.7 Å². The van der Waals surface area contributed by atoms with Gasteiger partial charge in [-0.2, -0.15) is 0 Å². The fraction of sp³-hybridized carbons (Fsp3) is 0.154. The smallest absolute Gasteiger partial charge is 0.267 e. The minimum Gasteiger partial charge on any atom is -0.492 e. The highest BCUT2D eigenvalue weighted by molar-refractivity contribution is 5.90. The summed E-state index contributed by atoms with van der Waals surface area (Å²) >= 11 is 0. The Morgan fingerprint density at radius 3 is 2.95 bits per heavy atom. The van der Waals surface area contributed by atoms with Crippen molar-refractivity contribution in [1.82, 2.24) is 20.5 Å². The second-order valence-corrected chi connectivity index (χ2v) is 3.88. The molecule has 0 aliphatic carbocycles. The van der Waals surface area contributed by atoms with Gasteiger partial charge in [0.15, 0.2) is 0 Å². The predicted molar refractivity (Wildman–Crippen MR) is 70.9 cm³/mol. The minimum absolute atomic E-state index is 0.466. The normalized spacial score (nSPS) is 10.7. The summed E-state index contributed by atoms with van der Waals surface area (Å²) in [5.74, 6) is 0.180. The molecular formula is C13H14N4O3. The molecule has 7 nitrogen and oxygen atoms in total. The van der Waals surface area contributed by atoms with Gasteiger partial charge >= 0.3 is 0 Å². The lowest BCUT2D eigenvalue weighted by atomic mass is 10.3. The Labute approximate surface area is 115 Å². The van der Waals surface area contributed by atoms with Crippen molar-refractivity contribution in [2.75, 3.05) is 6.61 Å². The van der Waals surface area contributed by atoms with Gasteiger partial charge in [-0.1, -0.05) is 23.4 Å². The van der Waals surface area contributed by atoms with E-state index in [1.807, 2.05) is 30.3 Å². The zero-order chi connectivity index (χ0) is 14.2. The van der Waals surface area contributed by atoms with Crippen molar-refractivity contribution in [3.63, 3.8) is 0 Å². The monoisotopic (exact) mass is 274 g/mol. The van der Waals surface area contributed by atoms with E-state index in [-0.39, 0.29) is 0 Å². The van der Waals surface area contributed by atoms with E-state index in [2.05, 4.69) is 10.3 Å². The SMILES string of the molecule is O=C(/C=C/c1cn(CCOc2ccccc2)nn1)NO. The third-order valence-corrected chi connectivity index (χ3v) is 2.40. The van der Waals surface area contributed by atoms with Crippen LogP contribution in [-0.2, 0) is 11.3 Å². The zero-order valence-electron chi connectivity index (χ0n) is 10.6. The molecule has 0 fully saturated rings. The van der Waals surface area contributed by atoms with Crippen LogP contribution in [0.25, 0.3) is 6.08 Å². The van der Waals surface area contributed by atoms with Crippen molar-refractivity contribution in [3.8, 4) is 5.75 Å². The summed E-state index contributed by atoms with van der Waals surface area (Å²) in [4.78, 5) is 10.8. The first kappa shape index (κ1) is 13.8. The summed E-state index contributed by atoms with van der Waals surface area (Å²) in [7, 11) is 0. The van der Waals surface area contributed by atoms with E-state index in [0.717, 1.165) is 11.8 Å². The summed E-state index contributed by atoms with van der Waals surface area (Å²) < 4.78 is 7.14. The number of hydrogen-bond acceptors (Lipinski definition) is 5. The molecule has 1 heterocycles. The number of nitrogens with zero attached hydrogens (tertiary/aromatic N) is 3. The molecule has 0 unspecified atom stereocenters. The number of para-hydroxylation sites is 1. The van der Waals surface area contributed by atoms with Crippen molar-refractivity contribution in [2.24, 2.45) is 0 Å². The third-order valence-electron chi connectivity index (χ3n) is 2.40. The van der Waals surface area contributed by atoms with Gasteiger partial charge in [0.2, 0.25) is 0 Å². The van der Waals surface area contributed by atoms with Crippen LogP contribution in [0.5, 0.6) is 5.75 Å². The molecule has 0 bridgehead atoms. The van der Waals surface area contributed by atoms with Gasteiger partial charge < -0.3 is 4.74 Å². The van der Waals surface area contributed by atoms with Crippen molar-refractivity contribution < 1.29 is 14.7 Å². The maximum Gasteiger partial charge on any atom is 0.267 e. The van der Waals surface area contributed by atoms with Gasteiger partial charge in [-0.05, 0) is 18.2 Å². The number of rotatable bonds is 6. The fourth-order valence-electron chi connectivity index (χ4n) is 1.47. The molecule has 20 heavy (non-hydrogen) atoms. The third kappa shape index (κ3) is 4.21. The van der Waals surface area contributed by atoms with Crippen LogP contribution in [0.2, 0.25) is 0 Å². The molecule has 0 atom stereocenters. The zero-order valence-corrected chi connectivity index (χ0v) is 10.6. The van der Waals surface area contributed by atoms with Gasteiger partial charge in [0, 0.05) is 6.08 Å². The number of hydrogen-bond donors (Lipinski definition) is 2. The molecule has 0 saturated heterocycles. The van der Waals surface area contributed by atoms with Crippen LogP contribution < -0.4 is 10.2 Å². The van der Waals surface area contributed by atoms with Gasteiger partial charge in [0.25, 0.3) is 5.91 Å². The molecule has 0 aliphatic rings. The standard InChI is InChI=1S/C13H14N4O3/c18-13(15-19)7-6-11-10-17(16-14-11)8-9-20-12-4-2-1-3-5-12/h1-7,10,19H,8-9H2,(H,15,18)/b7-6+. The Kier molecular flexibility index (Phi) is 4.85. The van der Waals surface area contributed by atoms with E-state index in [4.69, 9.17) is 9.94 Å². The minimum atomic E-state index is -0.619. The molecule has 1 aromatic carbocycles. The molecule has 2 aromatic rings. The molecule has 1 aromatic heterocycles. The summed E-state index contributed by atoms with van der Waals surface area (Å²) in [5, 5.41) is 16.1. The Morgan fingerprint density at radius 2 is 2.20 bits per heavy atom. The Balaban J connectivity index is 1.81. The number of benzene rings is 1. The van der Waals surface area contributed by atoms with E-state index >= 15 is 0 Å². The number of aromatic nitrogens is 3. The molecule has 1 amide bonds. The summed E-state index contributed by atoms with van der Waals surface area (Å²) in [5.41, 5.74) is 2.02. The Morgan fingerprint density at radius 1 is 1.40 bits per heavy atom. The molecule has 0 radical (unpaired) electrons. The van der Waals surface area contributed by atoms with Crippen LogP contribution in [0.3, 0.4) is 0 Å². The van der Waals surface area contributed by atoms with E-state index < -0.39 is 5.91 Å². The van der Waals surface area contributed by atoms with Crippen molar-refractivity contribution >= 4 is 12.0 Å².